The average Bonchev–Trinajstić information content (AvgIpc) is 2.15. The first-order valence-corrected chi connectivity index (χ1v) is 5.02. The van der Waals surface area contributed by atoms with E-state index in [1.807, 2.05) is 20.8 Å². The van der Waals surface area contributed by atoms with E-state index in [9.17, 15) is 9.59 Å². The molecule has 0 unspecified atom stereocenters. The van der Waals surface area contributed by atoms with Gasteiger partial charge in [0.2, 0.25) is 12.2 Å². The van der Waals surface area contributed by atoms with Crippen molar-refractivity contribution in [2.45, 2.75) is 33.2 Å². The molecule has 0 aliphatic heterocycles. The summed E-state index contributed by atoms with van der Waals surface area (Å²) in [4.78, 5) is 21.7. The van der Waals surface area contributed by atoms with Gasteiger partial charge in [-0.1, -0.05) is 0 Å². The van der Waals surface area contributed by atoms with Gasteiger partial charge >= 0.3 is 5.97 Å². The highest BCUT2D eigenvalue weighted by Gasteiger charge is 2.19. The summed E-state index contributed by atoms with van der Waals surface area (Å²) in [5, 5.41) is 7.79. The van der Waals surface area contributed by atoms with Crippen molar-refractivity contribution in [2.24, 2.45) is 5.10 Å². The fourth-order valence-corrected chi connectivity index (χ4v) is 0.684. The first-order valence-electron chi connectivity index (χ1n) is 5.02. The van der Waals surface area contributed by atoms with Crippen molar-refractivity contribution in [2.75, 3.05) is 13.7 Å². The maximum Gasteiger partial charge on any atom is 0.376 e. The number of ether oxygens (including phenoxy) is 1. The Hall–Kier alpha value is -1.59. The van der Waals surface area contributed by atoms with Crippen molar-refractivity contribution in [3.05, 3.63) is 0 Å². The lowest BCUT2D eigenvalue weighted by atomic mass is 10.1. The molecule has 0 aliphatic carbocycles. The fourth-order valence-electron chi connectivity index (χ4n) is 0.684. The number of amidine groups is 1. The Morgan fingerprint density at radius 1 is 1.50 bits per heavy atom. The lowest BCUT2D eigenvalue weighted by molar-refractivity contribution is -0.135. The second-order valence-corrected chi connectivity index (χ2v) is 4.13. The molecule has 0 aliphatic rings. The third kappa shape index (κ3) is 4.77. The second kappa shape index (κ2) is 6.09. The Balaban J connectivity index is 4.83. The van der Waals surface area contributed by atoms with Gasteiger partial charge in [-0.15, -0.1) is 0 Å². The molecule has 0 rings (SSSR count). The summed E-state index contributed by atoms with van der Waals surface area (Å²) in [6.07, 6.45) is 0.395. The fraction of sp³-hybridized carbons (Fsp3) is 0.700. The minimum atomic E-state index is -0.648. The second-order valence-electron chi connectivity index (χ2n) is 4.13. The molecular weight excluding hydrogens is 210 g/mol. The van der Waals surface area contributed by atoms with Gasteiger partial charge < -0.3 is 10.1 Å². The monoisotopic (exact) mass is 229 g/mol. The lowest BCUT2D eigenvalue weighted by Gasteiger charge is -2.29. The molecule has 1 amide bonds. The highest BCUT2D eigenvalue weighted by molar-refractivity contribution is 6.37. The molecule has 16 heavy (non-hydrogen) atoms. The molecule has 0 saturated carbocycles. The van der Waals surface area contributed by atoms with Crippen molar-refractivity contribution in [3.8, 4) is 0 Å². The summed E-state index contributed by atoms with van der Waals surface area (Å²) in [7, 11) is 1.71. The molecule has 0 fully saturated rings. The number of carbonyl (C=O) groups is 2. The van der Waals surface area contributed by atoms with Crippen molar-refractivity contribution in [3.63, 3.8) is 0 Å². The minimum Gasteiger partial charge on any atom is -0.460 e. The number of hydrogen-bond donors (Lipinski definition) is 1. The van der Waals surface area contributed by atoms with Crippen LogP contribution >= 0.6 is 0 Å². The van der Waals surface area contributed by atoms with Gasteiger partial charge in [0.15, 0.2) is 0 Å². The highest BCUT2D eigenvalue weighted by Crippen LogP contribution is 2.10. The summed E-state index contributed by atoms with van der Waals surface area (Å²) >= 11 is 0. The predicted molar refractivity (Wildman–Crippen MR) is 60.8 cm³/mol. The summed E-state index contributed by atoms with van der Waals surface area (Å²) in [5.41, 5.74) is -0.248. The van der Waals surface area contributed by atoms with E-state index >= 15 is 0 Å². The van der Waals surface area contributed by atoms with Gasteiger partial charge in [0, 0.05) is 12.6 Å². The molecule has 0 bridgehead atoms. The van der Waals surface area contributed by atoms with Gasteiger partial charge in [0.25, 0.3) is 0 Å². The molecular formula is C10H19N3O3. The van der Waals surface area contributed by atoms with Crippen LogP contribution in [0.15, 0.2) is 5.10 Å². The summed E-state index contributed by atoms with van der Waals surface area (Å²) < 4.78 is 4.75. The minimum absolute atomic E-state index is 0.116. The molecule has 0 aromatic carbocycles. The van der Waals surface area contributed by atoms with Gasteiger partial charge in [0.05, 0.1) is 6.61 Å². The van der Waals surface area contributed by atoms with E-state index in [0.29, 0.717) is 6.41 Å². The molecule has 92 valence electrons. The van der Waals surface area contributed by atoms with Crippen LogP contribution in [0.25, 0.3) is 0 Å². The Morgan fingerprint density at radius 3 is 2.44 bits per heavy atom. The zero-order chi connectivity index (χ0) is 12.8. The van der Waals surface area contributed by atoms with Crippen LogP contribution in [-0.2, 0) is 14.3 Å². The molecule has 6 heteroatoms. The molecule has 1 N–H and O–H groups in total. The van der Waals surface area contributed by atoms with Crippen molar-refractivity contribution in [1.82, 2.24) is 10.3 Å². The van der Waals surface area contributed by atoms with Crippen molar-refractivity contribution >= 4 is 18.2 Å². The lowest BCUT2D eigenvalue weighted by Crippen LogP contribution is -2.39. The molecule has 0 aromatic heterocycles. The van der Waals surface area contributed by atoms with E-state index in [4.69, 9.17) is 4.74 Å². The number of amides is 1. The quantitative estimate of drug-likeness (QED) is 0.249. The van der Waals surface area contributed by atoms with Crippen LogP contribution < -0.4 is 5.32 Å². The van der Waals surface area contributed by atoms with Gasteiger partial charge in [-0.05, 0) is 27.7 Å². The van der Waals surface area contributed by atoms with Gasteiger partial charge in [-0.2, -0.15) is 5.10 Å². The van der Waals surface area contributed by atoms with Gasteiger partial charge in [0.1, 0.15) is 0 Å². The first kappa shape index (κ1) is 14.4. The normalized spacial score (nSPS) is 11.9. The zero-order valence-electron chi connectivity index (χ0n) is 10.4. The first-order chi connectivity index (χ1) is 7.32. The van der Waals surface area contributed by atoms with Crippen LogP contribution in [-0.4, -0.2) is 42.4 Å². The van der Waals surface area contributed by atoms with E-state index in [2.05, 4.69) is 10.4 Å². The van der Waals surface area contributed by atoms with Crippen LogP contribution in [0.2, 0.25) is 0 Å². The van der Waals surface area contributed by atoms with Crippen molar-refractivity contribution in [1.29, 1.82) is 0 Å². The number of hydrazone groups is 1. The maximum atomic E-state index is 11.4. The SMILES string of the molecule is CCOC(=O)/C(=N/N(C)C(C)(C)C)NC=O. The molecule has 0 aromatic rings. The maximum absolute atomic E-state index is 11.4. The highest BCUT2D eigenvalue weighted by atomic mass is 16.5. The average molecular weight is 229 g/mol. The number of carbonyl (C=O) groups excluding carboxylic acids is 2. The van der Waals surface area contributed by atoms with E-state index in [-0.39, 0.29) is 18.0 Å². The molecule has 6 nitrogen and oxygen atoms in total. The number of hydrogen-bond acceptors (Lipinski definition) is 5. The van der Waals surface area contributed by atoms with E-state index in [1.54, 1.807) is 19.0 Å². The summed E-state index contributed by atoms with van der Waals surface area (Å²) in [5.74, 6) is -0.764. The van der Waals surface area contributed by atoms with Crippen LogP contribution in [0.4, 0.5) is 0 Å². The third-order valence-corrected chi connectivity index (χ3v) is 1.89. The van der Waals surface area contributed by atoms with E-state index in [0.717, 1.165) is 0 Å². The predicted octanol–water partition coefficient (Wildman–Crippen LogP) is 0.339. The van der Waals surface area contributed by atoms with Crippen molar-refractivity contribution < 1.29 is 14.3 Å². The molecule has 0 saturated heterocycles. The molecule has 0 radical (unpaired) electrons. The zero-order valence-corrected chi connectivity index (χ0v) is 10.4. The molecule has 0 heterocycles. The van der Waals surface area contributed by atoms with E-state index in [1.165, 1.54) is 0 Å². The number of nitrogens with one attached hydrogen (secondary N) is 1. The Morgan fingerprint density at radius 2 is 2.06 bits per heavy atom. The van der Waals surface area contributed by atoms with Gasteiger partial charge in [-0.3, -0.25) is 9.80 Å². The topological polar surface area (TPSA) is 71.0 Å². The number of esters is 1. The molecule has 0 atom stereocenters. The van der Waals surface area contributed by atoms with Gasteiger partial charge in [-0.25, -0.2) is 4.79 Å². The summed E-state index contributed by atoms with van der Waals surface area (Å²) in [6.45, 7) is 7.71. The molecule has 0 spiro atoms. The largest absolute Gasteiger partial charge is 0.460 e. The standard InChI is InChI=1S/C10H19N3O3/c1-6-16-9(15)8(11-7-14)12-13(5)10(2,3)4/h7H,6H2,1-5H3,(H,11,12,14). The van der Waals surface area contributed by atoms with E-state index < -0.39 is 5.97 Å². The van der Waals surface area contributed by atoms with Crippen LogP contribution in [0.3, 0.4) is 0 Å². The number of rotatable bonds is 3. The summed E-state index contributed by atoms with van der Waals surface area (Å²) in [6, 6.07) is 0. The Kier molecular flexibility index (Phi) is 5.49. The van der Waals surface area contributed by atoms with Crippen LogP contribution in [0.1, 0.15) is 27.7 Å². The number of nitrogens with zero attached hydrogens (tertiary/aromatic N) is 2. The van der Waals surface area contributed by atoms with Crippen LogP contribution in [0.5, 0.6) is 0 Å². The van der Waals surface area contributed by atoms with Crippen LogP contribution in [0, 0.1) is 0 Å². The smallest absolute Gasteiger partial charge is 0.376 e. The Labute approximate surface area is 95.6 Å². The Bertz CT molecular complexity index is 282. The third-order valence-electron chi connectivity index (χ3n) is 1.89.